The van der Waals surface area contributed by atoms with E-state index in [0.717, 1.165) is 24.8 Å². The third-order valence-electron chi connectivity index (χ3n) is 8.11. The number of thioether (sulfide) groups is 1. The van der Waals surface area contributed by atoms with Gasteiger partial charge >= 0.3 is 0 Å². The van der Waals surface area contributed by atoms with Gasteiger partial charge in [0, 0.05) is 30.0 Å². The summed E-state index contributed by atoms with van der Waals surface area (Å²) in [7, 11) is 0. The van der Waals surface area contributed by atoms with E-state index < -0.39 is 32.9 Å². The monoisotopic (exact) mass is 529 g/mol. The van der Waals surface area contributed by atoms with Gasteiger partial charge in [0.2, 0.25) is 17.7 Å². The second kappa shape index (κ2) is 9.92. The average molecular weight is 530 g/mol. The molecule has 3 saturated heterocycles. The lowest BCUT2D eigenvalue weighted by atomic mass is 9.66. The number of hydrogen-bond acceptors (Lipinski definition) is 5. The van der Waals surface area contributed by atoms with E-state index in [9.17, 15) is 19.5 Å². The molecule has 3 aliphatic rings. The van der Waals surface area contributed by atoms with Gasteiger partial charge in [-0.1, -0.05) is 51.1 Å². The van der Waals surface area contributed by atoms with Gasteiger partial charge in [-0.05, 0) is 57.4 Å². The first-order valence-corrected chi connectivity index (χ1v) is 14.3. The molecule has 3 aliphatic heterocycles. The number of amides is 3. The third kappa shape index (κ3) is 5.29. The minimum absolute atomic E-state index is 0.0235. The van der Waals surface area contributed by atoms with Crippen molar-refractivity contribution in [1.82, 2.24) is 15.5 Å². The molecule has 1 aromatic carbocycles. The highest BCUT2D eigenvalue weighted by Gasteiger charge is 2.77. The molecule has 8 heteroatoms. The summed E-state index contributed by atoms with van der Waals surface area (Å²) < 4.78 is -1.04. The van der Waals surface area contributed by atoms with Crippen LogP contribution in [0.2, 0.25) is 0 Å². The first kappa shape index (κ1) is 28.0. The van der Waals surface area contributed by atoms with E-state index in [1.807, 2.05) is 44.2 Å². The maximum absolute atomic E-state index is 14.0. The molecule has 0 aliphatic carbocycles. The Kier molecular flexibility index (Phi) is 7.49. The molecule has 3 heterocycles. The van der Waals surface area contributed by atoms with E-state index in [1.165, 1.54) is 0 Å². The molecule has 1 aromatic rings. The highest BCUT2D eigenvalue weighted by atomic mass is 32.2. The molecule has 0 radical (unpaired) electrons. The first-order valence-electron chi connectivity index (χ1n) is 13.5. The number of nitrogens with zero attached hydrogens (tertiary/aromatic N) is 1. The number of hydrogen-bond donors (Lipinski definition) is 3. The quantitative estimate of drug-likeness (QED) is 0.455. The summed E-state index contributed by atoms with van der Waals surface area (Å²) in [6.45, 7) is 13.2. The second-order valence-corrected chi connectivity index (χ2v) is 15.0. The fourth-order valence-corrected chi connectivity index (χ4v) is 9.63. The van der Waals surface area contributed by atoms with Crippen molar-refractivity contribution in [2.45, 2.75) is 94.8 Å². The topological polar surface area (TPSA) is 98.7 Å². The van der Waals surface area contributed by atoms with Gasteiger partial charge in [0.1, 0.15) is 6.04 Å². The standard InChI is InChI=1S/C29H43N3O4S/c1-26(2,3)18-27(4,5)31-24(35)22-29-14-13-28(6,37-29)20(21(29)25(36)32(22)15-10-16-33)23(34)30-17-19-11-8-7-9-12-19/h7-9,11-12,20-22,33H,10,13-18H2,1-6H3,(H,30,34)(H,31,35)/t20-,21-,22?,28+,29?/m0/s1. The molecule has 7 nitrogen and oxygen atoms in total. The van der Waals surface area contributed by atoms with Gasteiger partial charge in [0.15, 0.2) is 0 Å². The van der Waals surface area contributed by atoms with Crippen LogP contribution in [0.4, 0.5) is 0 Å². The zero-order valence-electron chi connectivity index (χ0n) is 23.1. The van der Waals surface area contributed by atoms with E-state index in [-0.39, 0.29) is 29.7 Å². The van der Waals surface area contributed by atoms with Crippen molar-refractivity contribution in [1.29, 1.82) is 0 Å². The van der Waals surface area contributed by atoms with Crippen molar-refractivity contribution >= 4 is 29.5 Å². The number of aliphatic hydroxyl groups is 1. The van der Waals surface area contributed by atoms with E-state index >= 15 is 0 Å². The summed E-state index contributed by atoms with van der Waals surface area (Å²) in [6.07, 6.45) is 2.69. The number of rotatable bonds is 9. The lowest BCUT2D eigenvalue weighted by molar-refractivity contribution is -0.141. The molecule has 0 saturated carbocycles. The Labute approximate surface area is 225 Å². The van der Waals surface area contributed by atoms with Crippen LogP contribution in [-0.4, -0.2) is 62.0 Å². The number of carbonyl (C=O) groups excluding carboxylic acids is 3. The van der Waals surface area contributed by atoms with E-state index in [4.69, 9.17) is 0 Å². The number of benzene rings is 1. The van der Waals surface area contributed by atoms with E-state index in [2.05, 4.69) is 38.3 Å². The van der Waals surface area contributed by atoms with Crippen molar-refractivity contribution in [3.8, 4) is 0 Å². The lowest BCUT2D eigenvalue weighted by Crippen LogP contribution is -2.58. The largest absolute Gasteiger partial charge is 0.396 e. The lowest BCUT2D eigenvalue weighted by Gasteiger charge is -2.38. The van der Waals surface area contributed by atoms with Gasteiger partial charge in [0.05, 0.1) is 16.6 Å². The maximum Gasteiger partial charge on any atom is 0.244 e. The maximum atomic E-state index is 14.0. The Morgan fingerprint density at radius 1 is 1.11 bits per heavy atom. The molecule has 204 valence electrons. The van der Waals surface area contributed by atoms with Gasteiger partial charge < -0.3 is 20.6 Å². The average Bonchev–Trinajstić information content (AvgIpc) is 3.35. The molecule has 4 rings (SSSR count). The second-order valence-electron chi connectivity index (χ2n) is 13.2. The van der Waals surface area contributed by atoms with Gasteiger partial charge in [-0.15, -0.1) is 11.8 Å². The van der Waals surface area contributed by atoms with Crippen molar-refractivity contribution in [2.75, 3.05) is 13.2 Å². The first-order chi connectivity index (χ1) is 17.2. The fraction of sp³-hybridized carbons (Fsp3) is 0.690. The van der Waals surface area contributed by atoms with Gasteiger partial charge in [-0.2, -0.15) is 0 Å². The molecule has 3 fully saturated rings. The van der Waals surface area contributed by atoms with Crippen LogP contribution in [0, 0.1) is 17.3 Å². The minimum Gasteiger partial charge on any atom is -0.396 e. The molecule has 5 atom stereocenters. The van der Waals surface area contributed by atoms with Gasteiger partial charge in [-0.25, -0.2) is 0 Å². The molecule has 0 aromatic heterocycles. The normalized spacial score (nSPS) is 30.9. The predicted molar refractivity (Wildman–Crippen MR) is 147 cm³/mol. The number of fused-ring (bicyclic) bond motifs is 1. The Hall–Kier alpha value is -2.06. The molecular weight excluding hydrogens is 486 g/mol. The third-order valence-corrected chi connectivity index (χ3v) is 10.1. The van der Waals surface area contributed by atoms with Crippen molar-refractivity contribution < 1.29 is 19.5 Å². The molecule has 1 spiro atoms. The van der Waals surface area contributed by atoms with Crippen molar-refractivity contribution in [2.24, 2.45) is 17.3 Å². The van der Waals surface area contributed by atoms with Crippen LogP contribution in [0.1, 0.15) is 72.8 Å². The van der Waals surface area contributed by atoms with Crippen LogP contribution in [0.25, 0.3) is 0 Å². The van der Waals surface area contributed by atoms with E-state index in [1.54, 1.807) is 16.7 Å². The number of aliphatic hydroxyl groups excluding tert-OH is 1. The number of likely N-dealkylation sites (tertiary alicyclic amines) is 1. The van der Waals surface area contributed by atoms with Crippen LogP contribution >= 0.6 is 11.8 Å². The van der Waals surface area contributed by atoms with Gasteiger partial charge in [-0.3, -0.25) is 14.4 Å². The fourth-order valence-electron chi connectivity index (χ4n) is 7.28. The van der Waals surface area contributed by atoms with Crippen LogP contribution in [-0.2, 0) is 20.9 Å². The molecule has 2 bridgehead atoms. The summed E-state index contributed by atoms with van der Waals surface area (Å²) in [4.78, 5) is 43.3. The number of nitrogens with one attached hydrogen (secondary N) is 2. The van der Waals surface area contributed by atoms with Crippen LogP contribution in [0.5, 0.6) is 0 Å². The van der Waals surface area contributed by atoms with Crippen molar-refractivity contribution in [3.63, 3.8) is 0 Å². The van der Waals surface area contributed by atoms with Crippen LogP contribution < -0.4 is 10.6 Å². The highest BCUT2D eigenvalue weighted by Crippen LogP contribution is 2.71. The smallest absolute Gasteiger partial charge is 0.244 e. The Balaban J connectivity index is 1.63. The Morgan fingerprint density at radius 3 is 2.41 bits per heavy atom. The summed E-state index contributed by atoms with van der Waals surface area (Å²) in [5, 5.41) is 15.9. The van der Waals surface area contributed by atoms with Crippen molar-refractivity contribution in [3.05, 3.63) is 35.9 Å². The SMILES string of the molecule is CC(C)(C)CC(C)(C)NC(=O)C1N(CCCO)C(=O)[C@@H]2[C@@H](C(=O)NCc3ccccc3)[C@@]3(C)CCC12S3. The molecule has 3 N–H and O–H groups in total. The zero-order chi connectivity index (χ0) is 27.2. The van der Waals surface area contributed by atoms with Gasteiger partial charge in [0.25, 0.3) is 0 Å². The highest BCUT2D eigenvalue weighted by molar-refractivity contribution is 8.02. The Bertz CT molecular complexity index is 1040. The minimum atomic E-state index is -0.658. The molecule has 3 amide bonds. The summed E-state index contributed by atoms with van der Waals surface area (Å²) in [5.74, 6) is -1.44. The Morgan fingerprint density at radius 2 is 1.78 bits per heavy atom. The molecular formula is C29H43N3O4S. The number of carbonyl (C=O) groups is 3. The van der Waals surface area contributed by atoms with Crippen LogP contribution in [0.15, 0.2) is 30.3 Å². The zero-order valence-corrected chi connectivity index (χ0v) is 23.9. The summed E-state index contributed by atoms with van der Waals surface area (Å²) in [6, 6.07) is 9.10. The molecule has 37 heavy (non-hydrogen) atoms. The predicted octanol–water partition coefficient (Wildman–Crippen LogP) is 3.50. The van der Waals surface area contributed by atoms with E-state index in [0.29, 0.717) is 19.5 Å². The molecule has 2 unspecified atom stereocenters. The summed E-state index contributed by atoms with van der Waals surface area (Å²) >= 11 is 1.68. The van der Waals surface area contributed by atoms with Crippen LogP contribution in [0.3, 0.4) is 0 Å². The summed E-state index contributed by atoms with van der Waals surface area (Å²) in [5.41, 5.74) is 0.579.